The van der Waals surface area contributed by atoms with E-state index in [0.717, 1.165) is 10.9 Å². The molecule has 0 aliphatic rings. The highest BCUT2D eigenvalue weighted by molar-refractivity contribution is 6.31. The summed E-state index contributed by atoms with van der Waals surface area (Å²) in [5, 5.41) is 3.42. The van der Waals surface area contributed by atoms with Gasteiger partial charge in [-0.2, -0.15) is 0 Å². The maximum atomic E-state index is 13.1. The number of benzene rings is 2. The van der Waals surface area contributed by atoms with E-state index in [4.69, 9.17) is 16.3 Å². The standard InChI is InChI=1S/C16H12ClFN2O2/c1-22-10-3-4-11-12(8-19-15(11)7-10)16(21)20-9-2-5-14(18)13(17)6-9/h2-8,19H,1H3,(H,20,21). The average molecular weight is 319 g/mol. The van der Waals surface area contributed by atoms with Gasteiger partial charge >= 0.3 is 0 Å². The predicted molar refractivity (Wildman–Crippen MR) is 84.2 cm³/mol. The van der Waals surface area contributed by atoms with Crippen molar-refractivity contribution < 1.29 is 13.9 Å². The first-order valence-electron chi connectivity index (χ1n) is 6.50. The van der Waals surface area contributed by atoms with Crippen LogP contribution in [0.5, 0.6) is 5.75 Å². The van der Waals surface area contributed by atoms with Gasteiger partial charge in [0.25, 0.3) is 5.91 Å². The number of H-pyrrole nitrogens is 1. The van der Waals surface area contributed by atoms with Crippen LogP contribution in [0.4, 0.5) is 10.1 Å². The third-order valence-electron chi connectivity index (χ3n) is 3.31. The molecule has 1 heterocycles. The number of carbonyl (C=O) groups is 1. The summed E-state index contributed by atoms with van der Waals surface area (Å²) in [5.74, 6) is -0.135. The number of carbonyl (C=O) groups excluding carboxylic acids is 1. The molecule has 0 aliphatic heterocycles. The van der Waals surface area contributed by atoms with Gasteiger partial charge < -0.3 is 15.0 Å². The van der Waals surface area contributed by atoms with E-state index in [0.29, 0.717) is 17.0 Å². The van der Waals surface area contributed by atoms with Crippen molar-refractivity contribution in [1.29, 1.82) is 0 Å². The zero-order valence-electron chi connectivity index (χ0n) is 11.6. The van der Waals surface area contributed by atoms with Crippen molar-refractivity contribution in [2.75, 3.05) is 12.4 Å². The van der Waals surface area contributed by atoms with Crippen LogP contribution in [-0.4, -0.2) is 18.0 Å². The van der Waals surface area contributed by atoms with Gasteiger partial charge in [0.1, 0.15) is 11.6 Å². The smallest absolute Gasteiger partial charge is 0.257 e. The second-order valence-corrected chi connectivity index (χ2v) is 5.10. The van der Waals surface area contributed by atoms with Crippen LogP contribution in [0.3, 0.4) is 0 Å². The van der Waals surface area contributed by atoms with Gasteiger partial charge in [-0.3, -0.25) is 4.79 Å². The van der Waals surface area contributed by atoms with Crippen molar-refractivity contribution >= 4 is 34.1 Å². The van der Waals surface area contributed by atoms with Crippen molar-refractivity contribution in [2.45, 2.75) is 0 Å². The van der Waals surface area contributed by atoms with Crippen LogP contribution in [0.15, 0.2) is 42.6 Å². The number of rotatable bonds is 3. The monoisotopic (exact) mass is 318 g/mol. The minimum atomic E-state index is -0.529. The number of hydrogen-bond donors (Lipinski definition) is 2. The van der Waals surface area contributed by atoms with Crippen LogP contribution in [0, 0.1) is 5.82 Å². The number of halogens is 2. The van der Waals surface area contributed by atoms with E-state index in [1.165, 1.54) is 18.2 Å². The molecule has 4 nitrogen and oxygen atoms in total. The number of methoxy groups -OCH3 is 1. The molecule has 0 saturated heterocycles. The molecule has 1 aromatic heterocycles. The molecule has 2 N–H and O–H groups in total. The van der Waals surface area contributed by atoms with Crippen molar-refractivity contribution in [3.63, 3.8) is 0 Å². The van der Waals surface area contributed by atoms with Crippen LogP contribution in [0.2, 0.25) is 5.02 Å². The number of amides is 1. The molecule has 3 aromatic rings. The molecule has 0 unspecified atom stereocenters. The highest BCUT2D eigenvalue weighted by Crippen LogP contribution is 2.25. The lowest BCUT2D eigenvalue weighted by Gasteiger charge is -2.05. The minimum absolute atomic E-state index is 0.0403. The molecule has 0 bridgehead atoms. The molecule has 0 fully saturated rings. The first-order chi connectivity index (χ1) is 10.6. The molecule has 0 saturated carbocycles. The molecule has 1 amide bonds. The molecule has 3 rings (SSSR count). The number of nitrogens with one attached hydrogen (secondary N) is 2. The average Bonchev–Trinajstić information content (AvgIpc) is 2.94. The van der Waals surface area contributed by atoms with Crippen molar-refractivity contribution in [2.24, 2.45) is 0 Å². The fourth-order valence-corrected chi connectivity index (χ4v) is 2.37. The molecule has 0 spiro atoms. The Hall–Kier alpha value is -2.53. The van der Waals surface area contributed by atoms with E-state index in [1.807, 2.05) is 0 Å². The first-order valence-corrected chi connectivity index (χ1v) is 6.88. The number of ether oxygens (including phenoxy) is 1. The Balaban J connectivity index is 1.90. The number of aromatic nitrogens is 1. The zero-order valence-corrected chi connectivity index (χ0v) is 12.4. The van der Waals surface area contributed by atoms with E-state index in [2.05, 4.69) is 10.3 Å². The van der Waals surface area contributed by atoms with E-state index in [9.17, 15) is 9.18 Å². The molecule has 0 radical (unpaired) electrons. The van der Waals surface area contributed by atoms with E-state index in [1.54, 1.807) is 31.5 Å². The molecule has 22 heavy (non-hydrogen) atoms. The first kappa shape index (κ1) is 14.4. The van der Waals surface area contributed by atoms with Gasteiger partial charge in [-0.15, -0.1) is 0 Å². The second-order valence-electron chi connectivity index (χ2n) is 4.70. The topological polar surface area (TPSA) is 54.1 Å². The van der Waals surface area contributed by atoms with Crippen LogP contribution < -0.4 is 10.1 Å². The maximum Gasteiger partial charge on any atom is 0.257 e. The lowest BCUT2D eigenvalue weighted by Crippen LogP contribution is -2.11. The summed E-state index contributed by atoms with van der Waals surface area (Å²) in [7, 11) is 1.58. The summed E-state index contributed by atoms with van der Waals surface area (Å²) < 4.78 is 18.3. The quantitative estimate of drug-likeness (QED) is 0.759. The number of aromatic amines is 1. The normalized spacial score (nSPS) is 10.7. The summed E-state index contributed by atoms with van der Waals surface area (Å²) in [6, 6.07) is 9.42. The second kappa shape index (κ2) is 5.69. The highest BCUT2D eigenvalue weighted by atomic mass is 35.5. The number of fused-ring (bicyclic) bond motifs is 1. The largest absolute Gasteiger partial charge is 0.497 e. The fraction of sp³-hybridized carbons (Fsp3) is 0.0625. The van der Waals surface area contributed by atoms with Crippen LogP contribution in [0.25, 0.3) is 10.9 Å². The minimum Gasteiger partial charge on any atom is -0.497 e. The van der Waals surface area contributed by atoms with Gasteiger partial charge in [-0.05, 0) is 30.3 Å². The van der Waals surface area contributed by atoms with E-state index < -0.39 is 5.82 Å². The summed E-state index contributed by atoms with van der Waals surface area (Å²) >= 11 is 5.70. The summed E-state index contributed by atoms with van der Waals surface area (Å²) in [6.45, 7) is 0. The Morgan fingerprint density at radius 1 is 1.27 bits per heavy atom. The molecule has 112 valence electrons. The van der Waals surface area contributed by atoms with Gasteiger partial charge in [0.15, 0.2) is 0 Å². The Morgan fingerprint density at radius 3 is 2.82 bits per heavy atom. The van der Waals surface area contributed by atoms with Crippen molar-refractivity contribution in [1.82, 2.24) is 4.98 Å². The molecule has 0 aliphatic carbocycles. The van der Waals surface area contributed by atoms with Crippen molar-refractivity contribution in [3.05, 3.63) is 59.0 Å². The predicted octanol–water partition coefficient (Wildman–Crippen LogP) is 4.22. The molecule has 6 heteroatoms. The Kier molecular flexibility index (Phi) is 3.73. The number of anilines is 1. The summed E-state index contributed by atoms with van der Waals surface area (Å²) in [5.41, 5.74) is 1.71. The molecule has 2 aromatic carbocycles. The summed E-state index contributed by atoms with van der Waals surface area (Å²) in [4.78, 5) is 15.4. The highest BCUT2D eigenvalue weighted by Gasteiger charge is 2.13. The van der Waals surface area contributed by atoms with Gasteiger partial charge in [-0.1, -0.05) is 11.6 Å². The van der Waals surface area contributed by atoms with E-state index in [-0.39, 0.29) is 10.9 Å². The fourth-order valence-electron chi connectivity index (χ4n) is 2.19. The van der Waals surface area contributed by atoms with E-state index >= 15 is 0 Å². The SMILES string of the molecule is COc1ccc2c(C(=O)Nc3ccc(F)c(Cl)c3)c[nH]c2c1. The van der Waals surface area contributed by atoms with Gasteiger partial charge in [0, 0.05) is 28.9 Å². The third kappa shape index (κ3) is 2.63. The maximum absolute atomic E-state index is 13.1. The van der Waals surface area contributed by atoms with Crippen LogP contribution in [-0.2, 0) is 0 Å². The molecular formula is C16H12ClFN2O2. The molecule has 0 atom stereocenters. The Bertz CT molecular complexity index is 860. The number of hydrogen-bond acceptors (Lipinski definition) is 2. The Morgan fingerprint density at radius 2 is 2.09 bits per heavy atom. The Labute approximate surface area is 130 Å². The van der Waals surface area contributed by atoms with Crippen molar-refractivity contribution in [3.8, 4) is 5.75 Å². The summed E-state index contributed by atoms with van der Waals surface area (Å²) in [6.07, 6.45) is 1.62. The lowest BCUT2D eigenvalue weighted by molar-refractivity contribution is 0.102. The van der Waals surface area contributed by atoms with Gasteiger partial charge in [0.2, 0.25) is 0 Å². The third-order valence-corrected chi connectivity index (χ3v) is 3.60. The lowest BCUT2D eigenvalue weighted by atomic mass is 10.1. The van der Waals surface area contributed by atoms with Gasteiger partial charge in [-0.25, -0.2) is 4.39 Å². The zero-order chi connectivity index (χ0) is 15.7. The van der Waals surface area contributed by atoms with Crippen LogP contribution in [0.1, 0.15) is 10.4 Å². The van der Waals surface area contributed by atoms with Crippen LogP contribution >= 0.6 is 11.6 Å². The van der Waals surface area contributed by atoms with Gasteiger partial charge in [0.05, 0.1) is 17.7 Å². The molecular weight excluding hydrogens is 307 g/mol.